The maximum atomic E-state index is 13.0. The van der Waals surface area contributed by atoms with Gasteiger partial charge >= 0.3 is 0 Å². The first-order valence-corrected chi connectivity index (χ1v) is 5.77. The third kappa shape index (κ3) is 3.11. The number of hydrogen-bond donors (Lipinski definition) is 2. The Morgan fingerprint density at radius 1 is 1.25 bits per heavy atom. The second-order valence-corrected chi connectivity index (χ2v) is 4.74. The Bertz CT molecular complexity index is 490. The van der Waals surface area contributed by atoms with E-state index in [1.165, 1.54) is 0 Å². The number of rotatable bonds is 4. The maximum absolute atomic E-state index is 13.0. The van der Waals surface area contributed by atoms with Crippen LogP contribution in [0.15, 0.2) is 12.1 Å². The van der Waals surface area contributed by atoms with Crippen molar-refractivity contribution in [3.05, 3.63) is 29.6 Å². The Labute approximate surface area is 89.8 Å². The van der Waals surface area contributed by atoms with Gasteiger partial charge in [-0.05, 0) is 0 Å². The van der Waals surface area contributed by atoms with Gasteiger partial charge in [0.15, 0.2) is 11.6 Å². The molecule has 0 saturated carbocycles. The van der Waals surface area contributed by atoms with E-state index in [0.29, 0.717) is 12.1 Å². The maximum Gasteiger partial charge on any atom is 0.235 e. The normalized spacial score (nSPS) is 11.5. The minimum absolute atomic E-state index is 0.291. The van der Waals surface area contributed by atoms with Crippen LogP contribution >= 0.6 is 0 Å². The fourth-order valence-electron chi connectivity index (χ4n) is 0.969. The lowest BCUT2D eigenvalue weighted by Gasteiger charge is -2.08. The van der Waals surface area contributed by atoms with Crippen LogP contribution in [0.1, 0.15) is 0 Å². The van der Waals surface area contributed by atoms with Gasteiger partial charge < -0.3 is 5.11 Å². The number of benzene rings is 1. The van der Waals surface area contributed by atoms with Gasteiger partial charge in [0.2, 0.25) is 10.0 Å². The SMILES string of the molecule is O=S(=O)(CCO)Nc1cc(F)cc(F)c1F. The second-order valence-electron chi connectivity index (χ2n) is 2.89. The van der Waals surface area contributed by atoms with Crippen LogP contribution < -0.4 is 4.72 Å². The van der Waals surface area contributed by atoms with Gasteiger partial charge in [-0.1, -0.05) is 0 Å². The molecule has 1 aromatic rings. The summed E-state index contributed by atoms with van der Waals surface area (Å²) in [4.78, 5) is 0. The van der Waals surface area contributed by atoms with Gasteiger partial charge in [-0.25, -0.2) is 21.6 Å². The molecule has 0 heterocycles. The van der Waals surface area contributed by atoms with E-state index in [-0.39, 0.29) is 0 Å². The Morgan fingerprint density at radius 3 is 2.44 bits per heavy atom. The molecule has 0 aliphatic heterocycles. The summed E-state index contributed by atoms with van der Waals surface area (Å²) in [5.41, 5.74) is -0.828. The van der Waals surface area contributed by atoms with Crippen LogP contribution in [-0.2, 0) is 10.0 Å². The predicted octanol–water partition coefficient (Wildman–Crippen LogP) is 0.838. The van der Waals surface area contributed by atoms with Crippen molar-refractivity contribution in [1.82, 2.24) is 0 Å². The van der Waals surface area contributed by atoms with E-state index >= 15 is 0 Å². The lowest BCUT2D eigenvalue weighted by molar-refractivity contribution is 0.320. The van der Waals surface area contributed by atoms with Crippen molar-refractivity contribution in [3.8, 4) is 0 Å². The molecular formula is C8H8F3NO3S. The average molecular weight is 255 g/mol. The molecule has 0 atom stereocenters. The molecule has 90 valence electrons. The molecule has 8 heteroatoms. The number of halogens is 3. The third-order valence-corrected chi connectivity index (χ3v) is 2.87. The van der Waals surface area contributed by atoms with Gasteiger partial charge in [0, 0.05) is 12.1 Å². The molecule has 0 aromatic heterocycles. The van der Waals surface area contributed by atoms with E-state index < -0.39 is 45.5 Å². The van der Waals surface area contributed by atoms with Gasteiger partial charge in [-0.3, -0.25) is 4.72 Å². The highest BCUT2D eigenvalue weighted by molar-refractivity contribution is 7.92. The first-order chi connectivity index (χ1) is 7.35. The molecule has 16 heavy (non-hydrogen) atoms. The van der Waals surface area contributed by atoms with Gasteiger partial charge in [-0.2, -0.15) is 0 Å². The highest BCUT2D eigenvalue weighted by Gasteiger charge is 2.16. The lowest BCUT2D eigenvalue weighted by Crippen LogP contribution is -2.20. The number of hydrogen-bond acceptors (Lipinski definition) is 3. The van der Waals surface area contributed by atoms with Crippen molar-refractivity contribution in [1.29, 1.82) is 0 Å². The summed E-state index contributed by atoms with van der Waals surface area (Å²) < 4.78 is 62.2. The summed E-state index contributed by atoms with van der Waals surface area (Å²) >= 11 is 0. The molecule has 0 spiro atoms. The molecule has 0 amide bonds. The van der Waals surface area contributed by atoms with E-state index in [1.54, 1.807) is 4.72 Å². The largest absolute Gasteiger partial charge is 0.395 e. The standard InChI is InChI=1S/C8H8F3NO3S/c9-5-3-6(10)8(11)7(4-5)12-16(14,15)2-1-13/h3-4,12-13H,1-2H2. The topological polar surface area (TPSA) is 66.4 Å². The molecule has 0 saturated heterocycles. The molecule has 0 unspecified atom stereocenters. The Balaban J connectivity index is 3.07. The molecule has 2 N–H and O–H groups in total. The predicted molar refractivity (Wildman–Crippen MR) is 50.8 cm³/mol. The summed E-state index contributed by atoms with van der Waals surface area (Å²) in [7, 11) is -4.01. The van der Waals surface area contributed by atoms with Crippen LogP contribution in [0.25, 0.3) is 0 Å². The summed E-state index contributed by atoms with van der Waals surface area (Å²) in [5, 5.41) is 8.40. The molecule has 4 nitrogen and oxygen atoms in total. The third-order valence-electron chi connectivity index (χ3n) is 1.62. The number of anilines is 1. The average Bonchev–Trinajstić information content (AvgIpc) is 2.12. The fourth-order valence-corrected chi connectivity index (χ4v) is 1.80. The molecule has 0 bridgehead atoms. The van der Waals surface area contributed by atoms with E-state index in [1.807, 2.05) is 0 Å². The summed E-state index contributed by atoms with van der Waals surface area (Å²) in [6.07, 6.45) is 0. The van der Waals surface area contributed by atoms with E-state index in [2.05, 4.69) is 0 Å². The first kappa shape index (κ1) is 12.8. The minimum atomic E-state index is -4.01. The van der Waals surface area contributed by atoms with Crippen LogP contribution in [0.5, 0.6) is 0 Å². The van der Waals surface area contributed by atoms with Gasteiger partial charge in [0.1, 0.15) is 5.82 Å². The molecule has 0 aliphatic rings. The molecule has 0 fully saturated rings. The highest BCUT2D eigenvalue weighted by atomic mass is 32.2. The Hall–Kier alpha value is -1.28. The summed E-state index contributed by atoms with van der Waals surface area (Å²) in [6.45, 7) is -0.686. The van der Waals surface area contributed by atoms with E-state index in [9.17, 15) is 21.6 Å². The smallest absolute Gasteiger partial charge is 0.235 e. The van der Waals surface area contributed by atoms with Crippen molar-refractivity contribution >= 4 is 15.7 Å². The van der Waals surface area contributed by atoms with Crippen molar-refractivity contribution < 1.29 is 26.7 Å². The van der Waals surface area contributed by atoms with Gasteiger partial charge in [-0.15, -0.1) is 0 Å². The van der Waals surface area contributed by atoms with Gasteiger partial charge in [0.25, 0.3) is 0 Å². The van der Waals surface area contributed by atoms with Crippen molar-refractivity contribution in [2.45, 2.75) is 0 Å². The number of sulfonamides is 1. The Morgan fingerprint density at radius 2 is 1.88 bits per heavy atom. The van der Waals surface area contributed by atoms with E-state index in [0.717, 1.165) is 0 Å². The van der Waals surface area contributed by atoms with Crippen LogP contribution in [0.3, 0.4) is 0 Å². The zero-order valence-electron chi connectivity index (χ0n) is 7.87. The molecule has 0 aliphatic carbocycles. The van der Waals surface area contributed by atoms with Crippen LogP contribution in [0.4, 0.5) is 18.9 Å². The molecule has 1 rings (SSSR count). The quantitative estimate of drug-likeness (QED) is 0.783. The van der Waals surface area contributed by atoms with Crippen LogP contribution in [0.2, 0.25) is 0 Å². The first-order valence-electron chi connectivity index (χ1n) is 4.11. The van der Waals surface area contributed by atoms with Crippen molar-refractivity contribution in [2.24, 2.45) is 0 Å². The molecular weight excluding hydrogens is 247 g/mol. The van der Waals surface area contributed by atoms with E-state index in [4.69, 9.17) is 5.11 Å². The number of nitrogens with one attached hydrogen (secondary N) is 1. The monoisotopic (exact) mass is 255 g/mol. The minimum Gasteiger partial charge on any atom is -0.395 e. The summed E-state index contributed by atoms with van der Waals surface area (Å²) in [6, 6.07) is 0.798. The number of aliphatic hydroxyl groups excluding tert-OH is 1. The second kappa shape index (κ2) is 4.71. The van der Waals surface area contributed by atoms with Gasteiger partial charge in [0.05, 0.1) is 18.0 Å². The fraction of sp³-hybridized carbons (Fsp3) is 0.250. The zero-order valence-corrected chi connectivity index (χ0v) is 8.69. The summed E-state index contributed by atoms with van der Waals surface area (Å²) in [5.74, 6) is -4.80. The zero-order chi connectivity index (χ0) is 12.3. The highest BCUT2D eigenvalue weighted by Crippen LogP contribution is 2.20. The van der Waals surface area contributed by atoms with Crippen molar-refractivity contribution in [2.75, 3.05) is 17.1 Å². The molecule has 0 radical (unpaired) electrons. The van der Waals surface area contributed by atoms with Crippen LogP contribution in [0, 0.1) is 17.5 Å². The van der Waals surface area contributed by atoms with Crippen LogP contribution in [-0.4, -0.2) is 25.9 Å². The molecule has 1 aromatic carbocycles. The van der Waals surface area contributed by atoms with Crippen molar-refractivity contribution in [3.63, 3.8) is 0 Å². The Kier molecular flexibility index (Phi) is 3.76. The lowest BCUT2D eigenvalue weighted by atomic mass is 10.3. The number of aliphatic hydroxyl groups is 1.